The van der Waals surface area contributed by atoms with Gasteiger partial charge in [-0.25, -0.2) is 0 Å². The molecule has 1 aromatic carbocycles. The second-order valence-electron chi connectivity index (χ2n) is 2.79. The molecule has 0 atom stereocenters. The van der Waals surface area contributed by atoms with E-state index in [2.05, 4.69) is 31.2 Å². The molecular weight excluding hydrogens is 206 g/mol. The van der Waals surface area contributed by atoms with Crippen molar-refractivity contribution in [1.82, 2.24) is 20.6 Å². The van der Waals surface area contributed by atoms with Crippen LogP contribution in [0.25, 0.3) is 0 Å². The Balaban J connectivity index is 2.15. The topological polar surface area (TPSA) is 103 Å². The fourth-order valence-corrected chi connectivity index (χ4v) is 1.02. The number of nitrogens with zero attached hydrogens (tertiary/aromatic N) is 5. The largest absolute Gasteiger partial charge is 0.277 e. The van der Waals surface area contributed by atoms with Gasteiger partial charge in [-0.3, -0.25) is 5.43 Å². The van der Waals surface area contributed by atoms with E-state index in [1.807, 2.05) is 36.4 Å². The highest BCUT2D eigenvalue weighted by Crippen LogP contribution is 2.04. The van der Waals surface area contributed by atoms with Crippen LogP contribution in [0.4, 0.5) is 5.69 Å². The molecule has 0 aliphatic heterocycles. The summed E-state index contributed by atoms with van der Waals surface area (Å²) in [5.41, 5.74) is 3.57. The first-order chi connectivity index (χ1) is 7.90. The number of nitriles is 1. The van der Waals surface area contributed by atoms with Gasteiger partial charge in [0.2, 0.25) is 11.5 Å². The zero-order valence-electron chi connectivity index (χ0n) is 8.12. The number of benzene rings is 1. The number of hydrazone groups is 1. The van der Waals surface area contributed by atoms with Crippen LogP contribution in [-0.2, 0) is 0 Å². The summed E-state index contributed by atoms with van der Waals surface area (Å²) in [6.45, 7) is 0. The summed E-state index contributed by atoms with van der Waals surface area (Å²) in [5.74, 6) is 0.158. The average molecular weight is 213 g/mol. The zero-order valence-corrected chi connectivity index (χ0v) is 8.12. The van der Waals surface area contributed by atoms with E-state index in [4.69, 9.17) is 5.26 Å². The first-order valence-corrected chi connectivity index (χ1v) is 4.43. The fourth-order valence-electron chi connectivity index (χ4n) is 1.02. The minimum Gasteiger partial charge on any atom is -0.277 e. The lowest BCUT2D eigenvalue weighted by Gasteiger charge is -1.98. The van der Waals surface area contributed by atoms with Gasteiger partial charge in [-0.05, 0) is 17.3 Å². The zero-order chi connectivity index (χ0) is 11.2. The Kier molecular flexibility index (Phi) is 2.85. The van der Waals surface area contributed by atoms with Crippen molar-refractivity contribution in [3.63, 3.8) is 0 Å². The van der Waals surface area contributed by atoms with Gasteiger partial charge in [0.05, 0.1) is 5.69 Å². The molecule has 0 fully saturated rings. The van der Waals surface area contributed by atoms with Gasteiger partial charge in [-0.1, -0.05) is 18.2 Å². The Labute approximate surface area is 90.8 Å². The Morgan fingerprint density at radius 2 is 2.19 bits per heavy atom. The van der Waals surface area contributed by atoms with E-state index in [0.717, 1.165) is 5.69 Å². The molecule has 7 heteroatoms. The SMILES string of the molecule is N#C/C(=N\Nc1ccccc1)c1nn[nH]n1. The van der Waals surface area contributed by atoms with Gasteiger partial charge >= 0.3 is 0 Å². The van der Waals surface area contributed by atoms with Gasteiger partial charge in [0.15, 0.2) is 0 Å². The lowest BCUT2D eigenvalue weighted by molar-refractivity contribution is 0.881. The van der Waals surface area contributed by atoms with Crippen LogP contribution in [0, 0.1) is 11.3 Å². The van der Waals surface area contributed by atoms with Crippen LogP contribution in [0.2, 0.25) is 0 Å². The van der Waals surface area contributed by atoms with Crippen molar-refractivity contribution < 1.29 is 0 Å². The molecule has 0 saturated carbocycles. The summed E-state index contributed by atoms with van der Waals surface area (Å²) in [5, 5.41) is 25.6. The summed E-state index contributed by atoms with van der Waals surface area (Å²) < 4.78 is 0. The Morgan fingerprint density at radius 1 is 1.38 bits per heavy atom. The van der Waals surface area contributed by atoms with E-state index in [1.54, 1.807) is 0 Å². The Morgan fingerprint density at radius 3 is 2.81 bits per heavy atom. The predicted molar refractivity (Wildman–Crippen MR) is 56.4 cm³/mol. The Bertz CT molecular complexity index is 509. The number of para-hydroxylation sites is 1. The molecule has 2 N–H and O–H groups in total. The van der Waals surface area contributed by atoms with E-state index in [9.17, 15) is 0 Å². The molecule has 1 aromatic heterocycles. The smallest absolute Gasteiger partial charge is 0.235 e. The number of hydrogen-bond acceptors (Lipinski definition) is 6. The van der Waals surface area contributed by atoms with Crippen molar-refractivity contribution in [2.45, 2.75) is 0 Å². The second-order valence-corrected chi connectivity index (χ2v) is 2.79. The normalized spacial score (nSPS) is 10.8. The summed E-state index contributed by atoms with van der Waals surface area (Å²) in [7, 11) is 0. The number of tetrazole rings is 1. The van der Waals surface area contributed by atoms with E-state index < -0.39 is 0 Å². The van der Waals surface area contributed by atoms with E-state index >= 15 is 0 Å². The third-order valence-corrected chi connectivity index (χ3v) is 1.73. The van der Waals surface area contributed by atoms with Crippen molar-refractivity contribution in [2.24, 2.45) is 5.10 Å². The van der Waals surface area contributed by atoms with Crippen molar-refractivity contribution in [1.29, 1.82) is 5.26 Å². The number of hydrogen-bond donors (Lipinski definition) is 2. The summed E-state index contributed by atoms with van der Waals surface area (Å²) >= 11 is 0. The molecule has 0 radical (unpaired) electrons. The quantitative estimate of drug-likeness (QED) is 0.572. The second kappa shape index (κ2) is 4.65. The molecule has 0 aliphatic carbocycles. The van der Waals surface area contributed by atoms with Crippen LogP contribution in [0.15, 0.2) is 35.4 Å². The van der Waals surface area contributed by atoms with E-state index in [-0.39, 0.29) is 11.5 Å². The van der Waals surface area contributed by atoms with Crippen molar-refractivity contribution in [2.75, 3.05) is 5.43 Å². The summed E-state index contributed by atoms with van der Waals surface area (Å²) in [6.07, 6.45) is 0. The molecule has 0 amide bonds. The van der Waals surface area contributed by atoms with E-state index in [1.165, 1.54) is 0 Å². The summed E-state index contributed by atoms with van der Waals surface area (Å²) in [4.78, 5) is 0. The number of nitrogens with one attached hydrogen (secondary N) is 2. The number of aromatic amines is 1. The van der Waals surface area contributed by atoms with Gasteiger partial charge in [-0.2, -0.15) is 15.6 Å². The van der Waals surface area contributed by atoms with Crippen molar-refractivity contribution in [3.05, 3.63) is 36.2 Å². The molecule has 0 saturated heterocycles. The van der Waals surface area contributed by atoms with Crippen molar-refractivity contribution >= 4 is 11.4 Å². The molecular formula is C9H7N7. The van der Waals surface area contributed by atoms with Gasteiger partial charge in [0.25, 0.3) is 0 Å². The molecule has 16 heavy (non-hydrogen) atoms. The third-order valence-electron chi connectivity index (χ3n) is 1.73. The number of aromatic nitrogens is 4. The maximum atomic E-state index is 8.83. The van der Waals surface area contributed by atoms with Crippen LogP contribution in [-0.4, -0.2) is 26.3 Å². The lowest BCUT2D eigenvalue weighted by Crippen LogP contribution is -2.04. The Hall–Kier alpha value is -2.75. The first kappa shape index (κ1) is 9.79. The van der Waals surface area contributed by atoms with Gasteiger partial charge < -0.3 is 0 Å². The maximum absolute atomic E-state index is 8.83. The molecule has 1 heterocycles. The predicted octanol–water partition coefficient (Wildman–Crippen LogP) is 0.539. The molecule has 0 spiro atoms. The van der Waals surface area contributed by atoms with Crippen LogP contribution in [0.5, 0.6) is 0 Å². The first-order valence-electron chi connectivity index (χ1n) is 4.43. The molecule has 7 nitrogen and oxygen atoms in total. The monoisotopic (exact) mass is 213 g/mol. The van der Waals surface area contributed by atoms with Crippen LogP contribution in [0.1, 0.15) is 5.82 Å². The molecule has 2 aromatic rings. The van der Waals surface area contributed by atoms with Crippen molar-refractivity contribution in [3.8, 4) is 6.07 Å². The number of rotatable bonds is 3. The maximum Gasteiger partial charge on any atom is 0.235 e. The molecule has 0 unspecified atom stereocenters. The fraction of sp³-hybridized carbons (Fsp3) is 0. The van der Waals surface area contributed by atoms with Crippen LogP contribution >= 0.6 is 0 Å². The van der Waals surface area contributed by atoms with Gasteiger partial charge in [0, 0.05) is 0 Å². The average Bonchev–Trinajstić information content (AvgIpc) is 2.85. The van der Waals surface area contributed by atoms with Gasteiger partial charge in [0.1, 0.15) is 6.07 Å². The third kappa shape index (κ3) is 2.19. The minimum atomic E-state index is 0.0672. The van der Waals surface area contributed by atoms with E-state index in [0.29, 0.717) is 0 Å². The lowest BCUT2D eigenvalue weighted by atomic mass is 10.3. The molecule has 78 valence electrons. The van der Waals surface area contributed by atoms with Crippen LogP contribution < -0.4 is 5.43 Å². The highest BCUT2D eigenvalue weighted by atomic mass is 15.5. The highest BCUT2D eigenvalue weighted by molar-refractivity contribution is 6.09. The molecule has 2 rings (SSSR count). The molecule has 0 aliphatic rings. The highest BCUT2D eigenvalue weighted by Gasteiger charge is 2.07. The van der Waals surface area contributed by atoms with Crippen LogP contribution in [0.3, 0.4) is 0 Å². The van der Waals surface area contributed by atoms with Gasteiger partial charge in [-0.15, -0.1) is 10.2 Å². The minimum absolute atomic E-state index is 0.0672. The number of anilines is 1. The summed E-state index contributed by atoms with van der Waals surface area (Å²) in [6, 6.07) is 11.1. The molecule has 0 bridgehead atoms. The number of H-pyrrole nitrogens is 1. The standard InChI is InChI=1S/C9H7N7/c10-6-8(9-13-15-16-14-9)12-11-7-4-2-1-3-5-7/h1-5,11H,(H,13,14,15,16)/b12-8+.